The zero-order valence-corrected chi connectivity index (χ0v) is 16.6. The van der Waals surface area contributed by atoms with Crippen LogP contribution >= 0.6 is 0 Å². The molecule has 3 heterocycles. The Kier molecular flexibility index (Phi) is 4.75. The van der Waals surface area contributed by atoms with E-state index in [9.17, 15) is 5.26 Å². The molecule has 5 rings (SSSR count). The van der Waals surface area contributed by atoms with Crippen molar-refractivity contribution in [2.45, 2.75) is 0 Å². The maximum Gasteiger partial charge on any atom is 0.251 e. The molecule has 0 aliphatic carbocycles. The Morgan fingerprint density at radius 1 is 1.06 bits per heavy atom. The van der Waals surface area contributed by atoms with Crippen molar-refractivity contribution in [2.75, 3.05) is 31.2 Å². The first-order valence-corrected chi connectivity index (χ1v) is 9.85. The van der Waals surface area contributed by atoms with Gasteiger partial charge in [-0.05, 0) is 24.3 Å². The number of ether oxygens (including phenoxy) is 1. The summed E-state index contributed by atoms with van der Waals surface area (Å²) in [5.74, 6) is 1.15. The minimum absolute atomic E-state index is 0.161. The first-order valence-electron chi connectivity index (χ1n) is 9.85. The van der Waals surface area contributed by atoms with E-state index in [0.717, 1.165) is 37.6 Å². The second-order valence-electron chi connectivity index (χ2n) is 7.04. The van der Waals surface area contributed by atoms with Gasteiger partial charge in [-0.3, -0.25) is 0 Å². The number of benzene rings is 2. The van der Waals surface area contributed by atoms with Gasteiger partial charge in [0.15, 0.2) is 17.5 Å². The van der Waals surface area contributed by atoms with Gasteiger partial charge in [-0.2, -0.15) is 5.26 Å². The average Bonchev–Trinajstić information content (AvgIpc) is 3.38. The standard InChI is InChI=1S/C23H17N7O/c1-25-20-19(15-24)22-27-21(16-5-3-2-4-6-16)28-30(22)23(20)26-17-7-9-18(10-8-17)29-11-13-31-14-12-29/h2-10H,11-14H2. The van der Waals surface area contributed by atoms with E-state index in [0.29, 0.717) is 23.2 Å². The monoisotopic (exact) mass is 407 g/mol. The number of rotatable bonds is 3. The molecule has 0 radical (unpaired) electrons. The second-order valence-corrected chi connectivity index (χ2v) is 7.04. The molecule has 1 fully saturated rings. The molecule has 0 atom stereocenters. The highest BCUT2D eigenvalue weighted by atomic mass is 16.5. The summed E-state index contributed by atoms with van der Waals surface area (Å²) in [5.41, 5.74) is 2.96. The van der Waals surface area contributed by atoms with E-state index >= 15 is 0 Å². The van der Waals surface area contributed by atoms with E-state index in [-0.39, 0.29) is 11.3 Å². The molecule has 3 aromatic rings. The molecule has 1 saturated heterocycles. The minimum atomic E-state index is 0.161. The second kappa shape index (κ2) is 7.86. The molecule has 8 heteroatoms. The number of anilines is 1. The van der Waals surface area contributed by atoms with Crippen LogP contribution in [0.1, 0.15) is 5.82 Å². The first kappa shape index (κ1) is 18.7. The number of hydrogen-bond acceptors (Lipinski definition) is 6. The Morgan fingerprint density at radius 2 is 1.81 bits per heavy atom. The molecule has 0 N–H and O–H groups in total. The van der Waals surface area contributed by atoms with Crippen molar-refractivity contribution < 1.29 is 4.74 Å². The number of fused-ring (bicyclic) bond motifs is 1. The number of nitriles is 1. The number of hydrogen-bond donors (Lipinski definition) is 0. The van der Waals surface area contributed by atoms with Gasteiger partial charge in [0.05, 0.1) is 31.5 Å². The molecule has 0 spiro atoms. The van der Waals surface area contributed by atoms with Crippen LogP contribution in [0.15, 0.2) is 65.3 Å². The van der Waals surface area contributed by atoms with Gasteiger partial charge in [-0.25, -0.2) is 19.5 Å². The van der Waals surface area contributed by atoms with Crippen molar-refractivity contribution in [3.8, 4) is 17.5 Å². The molecule has 150 valence electrons. The quantitative estimate of drug-likeness (QED) is 0.620. The van der Waals surface area contributed by atoms with Crippen LogP contribution in [0, 0.1) is 17.9 Å². The van der Waals surface area contributed by atoms with Crippen LogP contribution in [0.25, 0.3) is 21.8 Å². The number of morpholine rings is 1. The van der Waals surface area contributed by atoms with E-state index in [4.69, 9.17) is 11.3 Å². The molecule has 31 heavy (non-hydrogen) atoms. The van der Waals surface area contributed by atoms with Crippen molar-refractivity contribution >= 4 is 22.8 Å². The lowest BCUT2D eigenvalue weighted by atomic mass is 10.2. The minimum Gasteiger partial charge on any atom is -0.378 e. The molecule has 0 saturated carbocycles. The highest BCUT2D eigenvalue weighted by Crippen LogP contribution is 2.31. The number of allylic oxidation sites excluding steroid dienone is 2. The van der Waals surface area contributed by atoms with Gasteiger partial charge in [-0.15, -0.1) is 5.10 Å². The fourth-order valence-corrected chi connectivity index (χ4v) is 3.64. The lowest BCUT2D eigenvalue weighted by Crippen LogP contribution is -2.36. The summed E-state index contributed by atoms with van der Waals surface area (Å²) in [4.78, 5) is 15.0. The average molecular weight is 407 g/mol. The Bertz CT molecular complexity index is 1270. The summed E-state index contributed by atoms with van der Waals surface area (Å²) in [5, 5.41) is 14.2. The third kappa shape index (κ3) is 3.35. The Morgan fingerprint density at radius 3 is 2.48 bits per heavy atom. The van der Waals surface area contributed by atoms with Crippen LogP contribution in [-0.4, -0.2) is 46.9 Å². The highest BCUT2D eigenvalue weighted by molar-refractivity contribution is 6.15. The summed E-state index contributed by atoms with van der Waals surface area (Å²) < 4.78 is 6.90. The molecule has 0 unspecified atom stereocenters. The van der Waals surface area contributed by atoms with E-state index < -0.39 is 0 Å². The topological polar surface area (TPSA) is 83.7 Å². The van der Waals surface area contributed by atoms with Crippen LogP contribution in [0.4, 0.5) is 11.4 Å². The molecule has 0 bridgehead atoms. The number of nitrogens with zero attached hydrogens (tertiary/aromatic N) is 7. The van der Waals surface area contributed by atoms with Crippen molar-refractivity contribution in [1.82, 2.24) is 14.8 Å². The van der Waals surface area contributed by atoms with Gasteiger partial charge < -0.3 is 9.64 Å². The zero-order chi connectivity index (χ0) is 21.2. The fraction of sp³-hybridized carbons (Fsp3) is 0.174. The maximum atomic E-state index is 9.66. The molecular formula is C23H17N7O. The van der Waals surface area contributed by atoms with Crippen molar-refractivity contribution in [1.29, 1.82) is 5.26 Å². The van der Waals surface area contributed by atoms with Gasteiger partial charge in [0.25, 0.3) is 5.70 Å². The predicted molar refractivity (Wildman–Crippen MR) is 117 cm³/mol. The zero-order valence-electron chi connectivity index (χ0n) is 16.6. The predicted octanol–water partition coefficient (Wildman–Crippen LogP) is 3.53. The van der Waals surface area contributed by atoms with Crippen molar-refractivity contribution in [3.63, 3.8) is 0 Å². The van der Waals surface area contributed by atoms with E-state index in [2.05, 4.69) is 30.9 Å². The summed E-state index contributed by atoms with van der Waals surface area (Å²) in [6.07, 6.45) is 0. The smallest absolute Gasteiger partial charge is 0.251 e. The normalized spacial score (nSPS) is 16.8. The summed E-state index contributed by atoms with van der Waals surface area (Å²) >= 11 is 0. The van der Waals surface area contributed by atoms with Gasteiger partial charge in [0.2, 0.25) is 0 Å². The van der Waals surface area contributed by atoms with Crippen LogP contribution in [0.3, 0.4) is 0 Å². The van der Waals surface area contributed by atoms with Gasteiger partial charge in [-0.1, -0.05) is 30.3 Å². The lowest BCUT2D eigenvalue weighted by molar-refractivity contribution is 0.122. The lowest BCUT2D eigenvalue weighted by Gasteiger charge is -2.28. The van der Waals surface area contributed by atoms with Crippen molar-refractivity contribution in [2.24, 2.45) is 4.99 Å². The third-order valence-electron chi connectivity index (χ3n) is 5.20. The first-order chi connectivity index (χ1) is 15.3. The van der Waals surface area contributed by atoms with Crippen molar-refractivity contribution in [3.05, 3.63) is 77.5 Å². The summed E-state index contributed by atoms with van der Waals surface area (Å²) in [6, 6.07) is 19.4. The van der Waals surface area contributed by atoms with E-state index in [1.807, 2.05) is 54.6 Å². The van der Waals surface area contributed by atoms with E-state index in [1.54, 1.807) is 0 Å². The van der Waals surface area contributed by atoms with Crippen LogP contribution in [0.5, 0.6) is 0 Å². The molecule has 2 aliphatic rings. The number of aliphatic imine (C=N–C) groups is 1. The molecule has 2 aliphatic heterocycles. The summed E-state index contributed by atoms with van der Waals surface area (Å²) in [6.45, 7) is 10.7. The van der Waals surface area contributed by atoms with Gasteiger partial charge in [0.1, 0.15) is 5.57 Å². The Labute approximate surface area is 179 Å². The molecule has 1 aromatic heterocycles. The SMILES string of the molecule is [C-]#[N+]C1=C(C#N)c2nc(-c3ccccc3)nn2C1=Nc1ccc(N2CCOCC2)cc1. The maximum absolute atomic E-state index is 9.66. The Balaban J connectivity index is 1.54. The van der Waals surface area contributed by atoms with Gasteiger partial charge >= 0.3 is 0 Å². The van der Waals surface area contributed by atoms with Crippen LogP contribution < -0.4 is 4.90 Å². The molecule has 0 amide bonds. The molecule has 8 nitrogen and oxygen atoms in total. The number of aromatic nitrogens is 3. The summed E-state index contributed by atoms with van der Waals surface area (Å²) in [7, 11) is 0. The largest absolute Gasteiger partial charge is 0.378 e. The fourth-order valence-electron chi connectivity index (χ4n) is 3.64. The Hall–Kier alpha value is -4.27. The van der Waals surface area contributed by atoms with Gasteiger partial charge in [0, 0.05) is 24.3 Å². The molecular weight excluding hydrogens is 390 g/mol. The highest BCUT2D eigenvalue weighted by Gasteiger charge is 2.32. The van der Waals surface area contributed by atoms with Crippen LogP contribution in [-0.2, 0) is 4.74 Å². The van der Waals surface area contributed by atoms with E-state index in [1.165, 1.54) is 4.68 Å². The molecule has 2 aromatic carbocycles. The third-order valence-corrected chi connectivity index (χ3v) is 5.20. The van der Waals surface area contributed by atoms with Crippen LogP contribution in [0.2, 0.25) is 0 Å².